The van der Waals surface area contributed by atoms with E-state index in [1.165, 1.54) is 0 Å². The topological polar surface area (TPSA) is 38.3 Å². The number of amides is 1. The zero-order chi connectivity index (χ0) is 12.7. The summed E-state index contributed by atoms with van der Waals surface area (Å²) in [6.07, 6.45) is 2.09. The molecule has 0 aliphatic heterocycles. The molecule has 1 N–H and O–H groups in total. The number of ether oxygens (including phenoxy) is 1. The molecular weight excluding hydrogens is 214 g/mol. The van der Waals surface area contributed by atoms with E-state index in [-0.39, 0.29) is 12.5 Å². The van der Waals surface area contributed by atoms with Gasteiger partial charge in [-0.15, -0.1) is 0 Å². The summed E-state index contributed by atoms with van der Waals surface area (Å²) >= 11 is 0. The van der Waals surface area contributed by atoms with Crippen molar-refractivity contribution >= 4 is 5.91 Å². The lowest BCUT2D eigenvalue weighted by molar-refractivity contribution is -0.123. The van der Waals surface area contributed by atoms with Crippen molar-refractivity contribution in [3.8, 4) is 5.75 Å². The van der Waals surface area contributed by atoms with Crippen LogP contribution in [0, 0.1) is 13.8 Å². The highest BCUT2D eigenvalue weighted by Crippen LogP contribution is 2.21. The van der Waals surface area contributed by atoms with Crippen LogP contribution in [0.15, 0.2) is 18.2 Å². The molecule has 0 aliphatic carbocycles. The van der Waals surface area contributed by atoms with Gasteiger partial charge in [0, 0.05) is 6.54 Å². The van der Waals surface area contributed by atoms with E-state index in [1.54, 1.807) is 0 Å². The lowest BCUT2D eigenvalue weighted by Crippen LogP contribution is -2.29. The number of hydrogen-bond donors (Lipinski definition) is 1. The molecule has 0 aromatic heterocycles. The summed E-state index contributed by atoms with van der Waals surface area (Å²) in [5.74, 6) is 0.763. The predicted octanol–water partition coefficient (Wildman–Crippen LogP) is 2.60. The number of carbonyl (C=O) groups is 1. The average molecular weight is 235 g/mol. The Bertz CT molecular complexity index is 354. The first-order chi connectivity index (χ1) is 8.15. The molecule has 1 aromatic carbocycles. The maximum atomic E-state index is 11.5. The molecule has 1 aromatic rings. The van der Waals surface area contributed by atoms with Crippen LogP contribution in [-0.4, -0.2) is 19.1 Å². The molecule has 0 atom stereocenters. The van der Waals surface area contributed by atoms with Crippen LogP contribution in [0.1, 0.15) is 30.9 Å². The van der Waals surface area contributed by atoms with E-state index in [4.69, 9.17) is 4.74 Å². The van der Waals surface area contributed by atoms with Crippen molar-refractivity contribution in [2.24, 2.45) is 0 Å². The van der Waals surface area contributed by atoms with Gasteiger partial charge in [-0.2, -0.15) is 0 Å². The van der Waals surface area contributed by atoms with Crippen molar-refractivity contribution in [1.29, 1.82) is 0 Å². The Kier molecular flexibility index (Phi) is 5.53. The summed E-state index contributed by atoms with van der Waals surface area (Å²) in [7, 11) is 0. The van der Waals surface area contributed by atoms with Crippen molar-refractivity contribution in [1.82, 2.24) is 5.32 Å². The molecule has 0 heterocycles. The van der Waals surface area contributed by atoms with Crippen LogP contribution >= 0.6 is 0 Å². The van der Waals surface area contributed by atoms with Gasteiger partial charge in [-0.3, -0.25) is 4.79 Å². The molecule has 0 unspecified atom stereocenters. The summed E-state index contributed by atoms with van der Waals surface area (Å²) in [6.45, 7) is 6.88. The van der Waals surface area contributed by atoms with E-state index in [0.29, 0.717) is 0 Å². The fraction of sp³-hybridized carbons (Fsp3) is 0.500. The molecule has 94 valence electrons. The van der Waals surface area contributed by atoms with E-state index < -0.39 is 0 Å². The normalized spacial score (nSPS) is 10.1. The van der Waals surface area contributed by atoms with Gasteiger partial charge < -0.3 is 10.1 Å². The molecule has 3 heteroatoms. The largest absolute Gasteiger partial charge is 0.483 e. The Morgan fingerprint density at radius 1 is 1.29 bits per heavy atom. The van der Waals surface area contributed by atoms with E-state index in [1.807, 2.05) is 32.0 Å². The summed E-state index contributed by atoms with van der Waals surface area (Å²) in [6, 6.07) is 5.95. The molecule has 0 aliphatic rings. The quantitative estimate of drug-likeness (QED) is 0.770. The van der Waals surface area contributed by atoms with Crippen LogP contribution in [0.4, 0.5) is 0 Å². The second-order valence-corrected chi connectivity index (χ2v) is 4.21. The first kappa shape index (κ1) is 13.6. The van der Waals surface area contributed by atoms with Gasteiger partial charge in [-0.1, -0.05) is 31.5 Å². The SMILES string of the molecule is CCCCNC(=O)COc1c(C)cccc1C. The Balaban J connectivity index is 2.42. The highest BCUT2D eigenvalue weighted by atomic mass is 16.5. The average Bonchev–Trinajstić information content (AvgIpc) is 2.29. The van der Waals surface area contributed by atoms with E-state index in [9.17, 15) is 4.79 Å². The second-order valence-electron chi connectivity index (χ2n) is 4.21. The third kappa shape index (κ3) is 4.47. The Morgan fingerprint density at radius 3 is 2.53 bits per heavy atom. The highest BCUT2D eigenvalue weighted by molar-refractivity contribution is 5.77. The highest BCUT2D eigenvalue weighted by Gasteiger charge is 2.06. The Labute approximate surface area is 103 Å². The second kappa shape index (κ2) is 6.94. The van der Waals surface area contributed by atoms with E-state index in [2.05, 4.69) is 12.2 Å². The summed E-state index contributed by atoms with van der Waals surface area (Å²) in [5.41, 5.74) is 2.12. The van der Waals surface area contributed by atoms with Crippen LogP contribution in [-0.2, 0) is 4.79 Å². The zero-order valence-corrected chi connectivity index (χ0v) is 10.9. The summed E-state index contributed by atoms with van der Waals surface area (Å²) in [5, 5.41) is 2.83. The molecule has 1 rings (SSSR count). The van der Waals surface area contributed by atoms with Gasteiger partial charge in [0.15, 0.2) is 6.61 Å². The molecule has 0 spiro atoms. The fourth-order valence-corrected chi connectivity index (χ4v) is 1.62. The number of unbranched alkanes of at least 4 members (excludes halogenated alkanes) is 1. The molecule has 1 amide bonds. The van der Waals surface area contributed by atoms with Crippen LogP contribution in [0.3, 0.4) is 0 Å². The molecular formula is C14H21NO2. The summed E-state index contributed by atoms with van der Waals surface area (Å²) in [4.78, 5) is 11.5. The van der Waals surface area contributed by atoms with Crippen molar-refractivity contribution in [3.63, 3.8) is 0 Å². The van der Waals surface area contributed by atoms with Crippen molar-refractivity contribution in [2.45, 2.75) is 33.6 Å². The monoisotopic (exact) mass is 235 g/mol. The standard InChI is InChI=1S/C14H21NO2/c1-4-5-9-15-13(16)10-17-14-11(2)7-6-8-12(14)3/h6-8H,4-5,9-10H2,1-3H3,(H,15,16). The lowest BCUT2D eigenvalue weighted by atomic mass is 10.1. The number of hydrogen-bond acceptors (Lipinski definition) is 2. The van der Waals surface area contributed by atoms with Crippen molar-refractivity contribution in [2.75, 3.05) is 13.2 Å². The maximum absolute atomic E-state index is 11.5. The first-order valence-corrected chi connectivity index (χ1v) is 6.11. The molecule has 17 heavy (non-hydrogen) atoms. The third-order valence-corrected chi connectivity index (χ3v) is 2.61. The van der Waals surface area contributed by atoms with Gasteiger partial charge in [-0.05, 0) is 31.4 Å². The van der Waals surface area contributed by atoms with Crippen LogP contribution in [0.2, 0.25) is 0 Å². The van der Waals surface area contributed by atoms with Crippen molar-refractivity contribution < 1.29 is 9.53 Å². The number of para-hydroxylation sites is 1. The molecule has 0 bridgehead atoms. The lowest BCUT2D eigenvalue weighted by Gasteiger charge is -2.11. The van der Waals surface area contributed by atoms with Gasteiger partial charge in [0.05, 0.1) is 0 Å². The van der Waals surface area contributed by atoms with Gasteiger partial charge in [0.25, 0.3) is 5.91 Å². The van der Waals surface area contributed by atoms with Crippen LogP contribution in [0.25, 0.3) is 0 Å². The van der Waals surface area contributed by atoms with Gasteiger partial charge in [0.1, 0.15) is 5.75 Å². The smallest absolute Gasteiger partial charge is 0.257 e. The number of aryl methyl sites for hydroxylation is 2. The molecule has 3 nitrogen and oxygen atoms in total. The molecule has 0 fully saturated rings. The summed E-state index contributed by atoms with van der Waals surface area (Å²) < 4.78 is 5.55. The first-order valence-electron chi connectivity index (χ1n) is 6.11. The maximum Gasteiger partial charge on any atom is 0.257 e. The van der Waals surface area contributed by atoms with Crippen LogP contribution < -0.4 is 10.1 Å². The van der Waals surface area contributed by atoms with Gasteiger partial charge in [0.2, 0.25) is 0 Å². The van der Waals surface area contributed by atoms with Crippen molar-refractivity contribution in [3.05, 3.63) is 29.3 Å². The van der Waals surface area contributed by atoms with E-state index in [0.717, 1.165) is 36.3 Å². The predicted molar refractivity (Wildman–Crippen MR) is 69.3 cm³/mol. The minimum Gasteiger partial charge on any atom is -0.483 e. The van der Waals surface area contributed by atoms with Crippen LogP contribution in [0.5, 0.6) is 5.75 Å². The Morgan fingerprint density at radius 2 is 1.94 bits per heavy atom. The minimum atomic E-state index is -0.0545. The molecule has 0 saturated carbocycles. The fourth-order valence-electron chi connectivity index (χ4n) is 1.62. The van der Waals surface area contributed by atoms with E-state index >= 15 is 0 Å². The zero-order valence-electron chi connectivity index (χ0n) is 10.9. The number of nitrogens with one attached hydrogen (secondary N) is 1. The molecule has 0 saturated heterocycles. The third-order valence-electron chi connectivity index (χ3n) is 2.61. The number of carbonyl (C=O) groups excluding carboxylic acids is 1. The van der Waals surface area contributed by atoms with Gasteiger partial charge in [-0.25, -0.2) is 0 Å². The Hall–Kier alpha value is -1.51. The molecule has 0 radical (unpaired) electrons. The number of rotatable bonds is 6. The van der Waals surface area contributed by atoms with Gasteiger partial charge >= 0.3 is 0 Å². The number of benzene rings is 1. The minimum absolute atomic E-state index is 0.0545.